The molecule has 96 valence electrons. The molecule has 0 spiro atoms. The van der Waals surface area contributed by atoms with Crippen molar-refractivity contribution in [3.63, 3.8) is 0 Å². The Bertz CT molecular complexity index is 453. The average Bonchev–Trinajstić information content (AvgIpc) is 3.23. The lowest BCUT2D eigenvalue weighted by molar-refractivity contribution is 0.0690. The number of carboxylic acids is 1. The van der Waals surface area contributed by atoms with Gasteiger partial charge in [0.2, 0.25) is 0 Å². The average molecular weight is 248 g/mol. The monoisotopic (exact) mass is 248 g/mol. The summed E-state index contributed by atoms with van der Waals surface area (Å²) < 4.78 is 0. The van der Waals surface area contributed by atoms with E-state index in [1.54, 1.807) is 6.20 Å². The fourth-order valence-electron chi connectivity index (χ4n) is 2.37. The van der Waals surface area contributed by atoms with Gasteiger partial charge in [0.05, 0.1) is 12.4 Å². The first-order chi connectivity index (χ1) is 8.74. The van der Waals surface area contributed by atoms with E-state index in [0.29, 0.717) is 5.82 Å². The van der Waals surface area contributed by atoms with E-state index in [1.807, 2.05) is 0 Å². The van der Waals surface area contributed by atoms with Gasteiger partial charge < -0.3 is 10.0 Å². The molecule has 0 unspecified atom stereocenters. The van der Waals surface area contributed by atoms with E-state index in [1.165, 1.54) is 19.0 Å². The topological polar surface area (TPSA) is 69.6 Å². The molecule has 2 fully saturated rings. The Morgan fingerprint density at radius 2 is 1.94 bits per heavy atom. The van der Waals surface area contributed by atoms with Gasteiger partial charge in [-0.3, -0.25) is 9.88 Å². The third kappa shape index (κ3) is 2.28. The van der Waals surface area contributed by atoms with Crippen LogP contribution in [0.1, 0.15) is 23.3 Å². The molecule has 1 aromatic rings. The van der Waals surface area contributed by atoms with Crippen LogP contribution in [-0.4, -0.2) is 58.2 Å². The number of piperazine rings is 1. The summed E-state index contributed by atoms with van der Waals surface area (Å²) in [5.41, 5.74) is 0.0112. The minimum atomic E-state index is -1.03. The molecular weight excluding hydrogens is 232 g/mol. The van der Waals surface area contributed by atoms with Crippen LogP contribution in [0.25, 0.3) is 0 Å². The first-order valence-electron chi connectivity index (χ1n) is 6.28. The molecule has 1 aromatic heterocycles. The predicted molar refractivity (Wildman–Crippen MR) is 65.8 cm³/mol. The molecule has 6 heteroatoms. The summed E-state index contributed by atoms with van der Waals surface area (Å²) in [4.78, 5) is 23.5. The summed E-state index contributed by atoms with van der Waals surface area (Å²) >= 11 is 0. The SMILES string of the molecule is O=C(O)c1cncc(N2CCN(C3CC3)CC2)n1. The number of anilines is 1. The van der Waals surface area contributed by atoms with Crippen molar-refractivity contribution in [2.45, 2.75) is 18.9 Å². The first kappa shape index (κ1) is 11.4. The van der Waals surface area contributed by atoms with Gasteiger partial charge >= 0.3 is 5.97 Å². The smallest absolute Gasteiger partial charge is 0.356 e. The molecule has 1 saturated heterocycles. The van der Waals surface area contributed by atoms with Gasteiger partial charge in [-0.1, -0.05) is 0 Å². The van der Waals surface area contributed by atoms with E-state index in [0.717, 1.165) is 32.2 Å². The lowest BCUT2D eigenvalue weighted by atomic mass is 10.3. The molecule has 0 aromatic carbocycles. The molecule has 2 heterocycles. The highest BCUT2D eigenvalue weighted by molar-refractivity contribution is 5.85. The second kappa shape index (κ2) is 4.53. The zero-order valence-corrected chi connectivity index (χ0v) is 10.1. The van der Waals surface area contributed by atoms with E-state index in [2.05, 4.69) is 19.8 Å². The maximum atomic E-state index is 10.9. The summed E-state index contributed by atoms with van der Waals surface area (Å²) in [6.07, 6.45) is 5.58. The Morgan fingerprint density at radius 1 is 1.22 bits per heavy atom. The lowest BCUT2D eigenvalue weighted by Crippen LogP contribution is -2.47. The van der Waals surface area contributed by atoms with Crippen molar-refractivity contribution in [2.75, 3.05) is 31.1 Å². The molecule has 0 radical (unpaired) electrons. The molecule has 18 heavy (non-hydrogen) atoms. The number of hydrogen-bond donors (Lipinski definition) is 1. The van der Waals surface area contributed by atoms with E-state index >= 15 is 0 Å². The number of carbonyl (C=O) groups is 1. The summed E-state index contributed by atoms with van der Waals surface area (Å²) in [7, 11) is 0. The van der Waals surface area contributed by atoms with Crippen LogP contribution in [0, 0.1) is 0 Å². The van der Waals surface area contributed by atoms with Crippen molar-refractivity contribution in [3.8, 4) is 0 Å². The Kier molecular flexibility index (Phi) is 2.87. The van der Waals surface area contributed by atoms with Gasteiger partial charge in [-0.15, -0.1) is 0 Å². The van der Waals surface area contributed by atoms with E-state index < -0.39 is 5.97 Å². The predicted octanol–water partition coefficient (Wildman–Crippen LogP) is 0.459. The van der Waals surface area contributed by atoms with E-state index in [-0.39, 0.29) is 5.69 Å². The van der Waals surface area contributed by atoms with Crippen LogP contribution in [0.4, 0.5) is 5.82 Å². The highest BCUT2D eigenvalue weighted by atomic mass is 16.4. The lowest BCUT2D eigenvalue weighted by Gasteiger charge is -2.35. The minimum absolute atomic E-state index is 0.0112. The van der Waals surface area contributed by atoms with Gasteiger partial charge in [-0.05, 0) is 12.8 Å². The van der Waals surface area contributed by atoms with Crippen LogP contribution in [-0.2, 0) is 0 Å². The normalized spacial score (nSPS) is 21.0. The van der Waals surface area contributed by atoms with Crippen molar-refractivity contribution >= 4 is 11.8 Å². The van der Waals surface area contributed by atoms with Gasteiger partial charge in [0, 0.05) is 32.2 Å². The summed E-state index contributed by atoms with van der Waals surface area (Å²) in [6.45, 7) is 3.86. The van der Waals surface area contributed by atoms with E-state index in [9.17, 15) is 4.79 Å². The fourth-order valence-corrected chi connectivity index (χ4v) is 2.37. The molecule has 1 N–H and O–H groups in total. The molecular formula is C12H16N4O2. The van der Waals surface area contributed by atoms with Crippen LogP contribution in [0.3, 0.4) is 0 Å². The molecule has 3 rings (SSSR count). The highest BCUT2D eigenvalue weighted by Gasteiger charge is 2.31. The van der Waals surface area contributed by atoms with Gasteiger partial charge in [-0.25, -0.2) is 9.78 Å². The fraction of sp³-hybridized carbons (Fsp3) is 0.583. The highest BCUT2D eigenvalue weighted by Crippen LogP contribution is 2.28. The Morgan fingerprint density at radius 3 is 2.56 bits per heavy atom. The summed E-state index contributed by atoms with van der Waals surface area (Å²) in [5.74, 6) is -0.355. The number of nitrogens with zero attached hydrogens (tertiary/aromatic N) is 4. The second-order valence-corrected chi connectivity index (χ2v) is 4.82. The quantitative estimate of drug-likeness (QED) is 0.838. The van der Waals surface area contributed by atoms with Crippen molar-refractivity contribution in [2.24, 2.45) is 0 Å². The molecule has 0 bridgehead atoms. The minimum Gasteiger partial charge on any atom is -0.476 e. The number of aromatic nitrogens is 2. The molecule has 1 aliphatic carbocycles. The van der Waals surface area contributed by atoms with Crippen LogP contribution >= 0.6 is 0 Å². The number of carboxylic acid groups (broad SMARTS) is 1. The number of hydrogen-bond acceptors (Lipinski definition) is 5. The van der Waals surface area contributed by atoms with E-state index in [4.69, 9.17) is 5.11 Å². The van der Waals surface area contributed by atoms with Gasteiger partial charge in [-0.2, -0.15) is 0 Å². The van der Waals surface area contributed by atoms with Gasteiger partial charge in [0.1, 0.15) is 5.82 Å². The number of rotatable bonds is 3. The Balaban J connectivity index is 1.67. The molecule has 0 amide bonds. The molecule has 0 atom stereocenters. The zero-order valence-electron chi connectivity index (χ0n) is 10.1. The number of aromatic carboxylic acids is 1. The van der Waals surface area contributed by atoms with Crippen LogP contribution < -0.4 is 4.90 Å². The van der Waals surface area contributed by atoms with Crippen LogP contribution in [0.5, 0.6) is 0 Å². The van der Waals surface area contributed by atoms with Gasteiger partial charge in [0.25, 0.3) is 0 Å². The summed E-state index contributed by atoms with van der Waals surface area (Å²) in [6, 6.07) is 0.795. The Labute approximate surface area is 105 Å². The second-order valence-electron chi connectivity index (χ2n) is 4.82. The van der Waals surface area contributed by atoms with Crippen molar-refractivity contribution in [3.05, 3.63) is 18.1 Å². The zero-order chi connectivity index (χ0) is 12.5. The maximum Gasteiger partial charge on any atom is 0.356 e. The van der Waals surface area contributed by atoms with Crippen molar-refractivity contribution < 1.29 is 9.90 Å². The maximum absolute atomic E-state index is 10.9. The van der Waals surface area contributed by atoms with Crippen molar-refractivity contribution in [1.82, 2.24) is 14.9 Å². The standard InChI is InChI=1S/C12H16N4O2/c17-12(18)10-7-13-8-11(14-10)16-5-3-15(4-6-16)9-1-2-9/h7-9H,1-6H2,(H,17,18). The Hall–Kier alpha value is -1.69. The first-order valence-corrected chi connectivity index (χ1v) is 6.28. The van der Waals surface area contributed by atoms with Crippen LogP contribution in [0.2, 0.25) is 0 Å². The molecule has 6 nitrogen and oxygen atoms in total. The largest absolute Gasteiger partial charge is 0.476 e. The van der Waals surface area contributed by atoms with Gasteiger partial charge in [0.15, 0.2) is 5.69 Å². The van der Waals surface area contributed by atoms with Crippen LogP contribution in [0.15, 0.2) is 12.4 Å². The molecule has 2 aliphatic rings. The summed E-state index contributed by atoms with van der Waals surface area (Å²) in [5, 5.41) is 8.90. The molecule has 1 aliphatic heterocycles. The van der Waals surface area contributed by atoms with Crippen molar-refractivity contribution in [1.29, 1.82) is 0 Å². The third-order valence-corrected chi connectivity index (χ3v) is 3.54. The molecule has 1 saturated carbocycles. The third-order valence-electron chi connectivity index (χ3n) is 3.54.